The molecule has 5 rings (SSSR count). The number of carbonyl (C=O) groups is 1. The van der Waals surface area contributed by atoms with Crippen LogP contribution in [-0.2, 0) is 6.54 Å². The Balaban J connectivity index is 1.60. The number of aromatic nitrogens is 2. The number of carbonyl (C=O) groups excluding carboxylic acids is 1. The fraction of sp³-hybridized carbons (Fsp3) is 0.267. The van der Waals surface area contributed by atoms with Gasteiger partial charge in [-0.05, 0) is 37.1 Å². The number of imidazole rings is 1. The normalized spacial score (nSPS) is 12.9. The quantitative estimate of drug-likeness (QED) is 0.291. The highest BCUT2D eigenvalue weighted by molar-refractivity contribution is 6.00. The number of nitrogens with one attached hydrogen (secondary N) is 1. The van der Waals surface area contributed by atoms with Gasteiger partial charge in [0, 0.05) is 17.7 Å². The van der Waals surface area contributed by atoms with Gasteiger partial charge < -0.3 is 19.4 Å². The second-order valence-corrected chi connectivity index (χ2v) is 8.89. The molecule has 6 nitrogen and oxygen atoms in total. The predicted molar refractivity (Wildman–Crippen MR) is 141 cm³/mol. The molecule has 1 N–H and O–H groups in total. The molecule has 0 saturated heterocycles. The van der Waals surface area contributed by atoms with Crippen LogP contribution >= 0.6 is 0 Å². The summed E-state index contributed by atoms with van der Waals surface area (Å²) < 4.78 is 13.1. The summed E-state index contributed by atoms with van der Waals surface area (Å²) in [5.41, 5.74) is 4.07. The molecule has 1 aliphatic heterocycles. The summed E-state index contributed by atoms with van der Waals surface area (Å²) in [5, 5.41) is 3.33. The van der Waals surface area contributed by atoms with E-state index < -0.39 is 0 Å². The summed E-state index contributed by atoms with van der Waals surface area (Å²) in [5.74, 6) is 1.99. The minimum atomic E-state index is -0.135. The zero-order valence-electron chi connectivity index (χ0n) is 20.7. The van der Waals surface area contributed by atoms with Gasteiger partial charge in [0.15, 0.2) is 11.5 Å². The topological polar surface area (TPSA) is 65.4 Å². The first-order valence-electron chi connectivity index (χ1n) is 12.6. The van der Waals surface area contributed by atoms with E-state index in [1.807, 2.05) is 78.2 Å². The first-order chi connectivity index (χ1) is 17.7. The van der Waals surface area contributed by atoms with Gasteiger partial charge >= 0.3 is 0 Å². The van der Waals surface area contributed by atoms with Crippen LogP contribution in [-0.4, -0.2) is 22.3 Å². The van der Waals surface area contributed by atoms with Crippen molar-refractivity contribution in [2.24, 2.45) is 0 Å². The van der Waals surface area contributed by atoms with Gasteiger partial charge in [0.05, 0.1) is 6.04 Å². The average Bonchev–Trinajstić information content (AvgIpc) is 3.56. The van der Waals surface area contributed by atoms with E-state index in [0.717, 1.165) is 41.8 Å². The minimum Gasteiger partial charge on any atom is -0.454 e. The molecule has 184 valence electrons. The summed E-state index contributed by atoms with van der Waals surface area (Å²) in [6.07, 6.45) is 2.96. The van der Waals surface area contributed by atoms with Crippen molar-refractivity contribution < 1.29 is 14.3 Å². The summed E-state index contributed by atoms with van der Waals surface area (Å²) in [7, 11) is 0. The number of hydrogen-bond acceptors (Lipinski definition) is 4. The molecule has 1 unspecified atom stereocenters. The van der Waals surface area contributed by atoms with Crippen molar-refractivity contribution in [2.75, 3.05) is 6.79 Å². The second kappa shape index (κ2) is 10.7. The lowest BCUT2D eigenvalue weighted by molar-refractivity contribution is 0.0925. The van der Waals surface area contributed by atoms with Crippen molar-refractivity contribution in [2.45, 2.75) is 45.7 Å². The van der Waals surface area contributed by atoms with Gasteiger partial charge in [-0.3, -0.25) is 4.79 Å². The number of ether oxygens (including phenoxy) is 2. The van der Waals surface area contributed by atoms with Gasteiger partial charge in [-0.2, -0.15) is 0 Å². The highest BCUT2D eigenvalue weighted by atomic mass is 16.7. The van der Waals surface area contributed by atoms with Crippen LogP contribution in [0.25, 0.3) is 22.6 Å². The van der Waals surface area contributed by atoms with E-state index in [2.05, 4.69) is 24.4 Å². The molecule has 6 heteroatoms. The van der Waals surface area contributed by atoms with Crippen LogP contribution in [0.4, 0.5) is 0 Å². The Labute approximate surface area is 211 Å². The van der Waals surface area contributed by atoms with Gasteiger partial charge in [0.2, 0.25) is 6.79 Å². The SMILES string of the molecule is CCCCC(NC(=O)c1c(-c2ccc3c(c2)OCO3)nc(-c2ccccc2)n1CC)c1ccccc1. The molecule has 1 atom stereocenters. The molecule has 0 bridgehead atoms. The molecule has 1 aromatic heterocycles. The summed E-state index contributed by atoms with van der Waals surface area (Å²) >= 11 is 0. The third-order valence-corrected chi connectivity index (χ3v) is 6.53. The van der Waals surface area contributed by atoms with E-state index in [1.165, 1.54) is 0 Å². The van der Waals surface area contributed by atoms with Crippen LogP contribution in [0, 0.1) is 0 Å². The Kier molecular flexibility index (Phi) is 7.03. The molecule has 2 heterocycles. The largest absolute Gasteiger partial charge is 0.454 e. The number of unbranched alkanes of at least 4 members (excludes halogenated alkanes) is 1. The average molecular weight is 482 g/mol. The molecule has 0 saturated carbocycles. The lowest BCUT2D eigenvalue weighted by Gasteiger charge is -2.20. The highest BCUT2D eigenvalue weighted by Crippen LogP contribution is 2.38. The monoisotopic (exact) mass is 481 g/mol. The Hall–Kier alpha value is -4.06. The molecular formula is C30H31N3O3. The fourth-order valence-corrected chi connectivity index (χ4v) is 4.69. The summed E-state index contributed by atoms with van der Waals surface area (Å²) in [6.45, 7) is 5.01. The Morgan fingerprint density at radius 2 is 1.67 bits per heavy atom. The van der Waals surface area contributed by atoms with Gasteiger partial charge in [-0.15, -0.1) is 0 Å². The summed E-state index contributed by atoms with van der Waals surface area (Å²) in [4.78, 5) is 19.0. The van der Waals surface area contributed by atoms with Crippen molar-refractivity contribution in [3.8, 4) is 34.1 Å². The van der Waals surface area contributed by atoms with Crippen molar-refractivity contribution in [1.29, 1.82) is 0 Å². The van der Waals surface area contributed by atoms with Gasteiger partial charge in [0.25, 0.3) is 5.91 Å². The number of fused-ring (bicyclic) bond motifs is 1. The third kappa shape index (κ3) is 4.71. The van der Waals surface area contributed by atoms with Gasteiger partial charge in [-0.25, -0.2) is 4.98 Å². The van der Waals surface area contributed by atoms with E-state index in [0.29, 0.717) is 29.4 Å². The molecule has 1 aliphatic rings. The molecule has 0 spiro atoms. The molecule has 1 amide bonds. The molecule has 36 heavy (non-hydrogen) atoms. The maximum absolute atomic E-state index is 14.0. The van der Waals surface area contributed by atoms with E-state index in [4.69, 9.17) is 14.5 Å². The first-order valence-corrected chi connectivity index (χ1v) is 12.6. The zero-order chi connectivity index (χ0) is 24.9. The Morgan fingerprint density at radius 1 is 0.944 bits per heavy atom. The lowest BCUT2D eigenvalue weighted by Crippen LogP contribution is -2.31. The van der Waals surface area contributed by atoms with Crippen LogP contribution < -0.4 is 14.8 Å². The number of rotatable bonds is 9. The van der Waals surface area contributed by atoms with Crippen LogP contribution in [0.5, 0.6) is 11.5 Å². The smallest absolute Gasteiger partial charge is 0.270 e. The zero-order valence-corrected chi connectivity index (χ0v) is 20.7. The number of nitrogens with zero attached hydrogens (tertiary/aromatic N) is 2. The lowest BCUT2D eigenvalue weighted by atomic mass is 10.0. The molecule has 0 aliphatic carbocycles. The van der Waals surface area contributed by atoms with Crippen molar-refractivity contribution >= 4 is 5.91 Å². The van der Waals surface area contributed by atoms with E-state index >= 15 is 0 Å². The first kappa shape index (κ1) is 23.7. The van der Waals surface area contributed by atoms with Crippen molar-refractivity contribution in [3.05, 3.63) is 90.1 Å². The van der Waals surface area contributed by atoms with Crippen molar-refractivity contribution in [1.82, 2.24) is 14.9 Å². The van der Waals surface area contributed by atoms with Crippen LogP contribution in [0.3, 0.4) is 0 Å². The number of hydrogen-bond donors (Lipinski definition) is 1. The Morgan fingerprint density at radius 3 is 2.39 bits per heavy atom. The molecule has 0 fully saturated rings. The van der Waals surface area contributed by atoms with E-state index in [9.17, 15) is 4.79 Å². The van der Waals surface area contributed by atoms with Crippen molar-refractivity contribution in [3.63, 3.8) is 0 Å². The highest BCUT2D eigenvalue weighted by Gasteiger charge is 2.27. The predicted octanol–water partition coefficient (Wildman–Crippen LogP) is 6.63. The standard InChI is InChI=1S/C30H31N3O3/c1-3-5-16-24(21-12-8-6-9-13-21)31-30(34)28-27(23-17-18-25-26(19-23)36-20-35-25)32-29(33(28)4-2)22-14-10-7-11-15-22/h6-15,17-19,24H,3-5,16,20H2,1-2H3,(H,31,34). The molecule has 4 aromatic rings. The fourth-order valence-electron chi connectivity index (χ4n) is 4.69. The van der Waals surface area contributed by atoms with E-state index in [1.54, 1.807) is 0 Å². The Bertz CT molecular complexity index is 1330. The van der Waals surface area contributed by atoms with Crippen LogP contribution in [0.15, 0.2) is 78.9 Å². The maximum Gasteiger partial charge on any atom is 0.270 e. The maximum atomic E-state index is 14.0. The van der Waals surface area contributed by atoms with E-state index in [-0.39, 0.29) is 18.7 Å². The van der Waals surface area contributed by atoms with Crippen LogP contribution in [0.2, 0.25) is 0 Å². The number of benzene rings is 3. The third-order valence-electron chi connectivity index (χ3n) is 6.53. The molecule has 0 radical (unpaired) electrons. The molecule has 3 aromatic carbocycles. The minimum absolute atomic E-state index is 0.0800. The van der Waals surface area contributed by atoms with Gasteiger partial charge in [-0.1, -0.05) is 80.4 Å². The number of amides is 1. The summed E-state index contributed by atoms with van der Waals surface area (Å²) in [6, 6.07) is 25.8. The second-order valence-electron chi connectivity index (χ2n) is 8.89. The van der Waals surface area contributed by atoms with Gasteiger partial charge in [0.1, 0.15) is 17.2 Å². The molecular weight excluding hydrogens is 450 g/mol. The van der Waals surface area contributed by atoms with Crippen LogP contribution in [0.1, 0.15) is 55.2 Å².